The lowest BCUT2D eigenvalue weighted by Gasteiger charge is -2.29. The SMILES string of the molecule is C.CC.CC1(C)CCNCC1. The van der Waals surface area contributed by atoms with E-state index in [1.165, 1.54) is 25.9 Å². The van der Waals surface area contributed by atoms with Crippen molar-refractivity contribution in [2.45, 2.75) is 48.0 Å². The van der Waals surface area contributed by atoms with Crippen LogP contribution < -0.4 is 5.32 Å². The molecule has 0 atom stereocenters. The number of hydrogen-bond acceptors (Lipinski definition) is 1. The van der Waals surface area contributed by atoms with E-state index in [2.05, 4.69) is 19.2 Å². The van der Waals surface area contributed by atoms with E-state index in [0.717, 1.165) is 0 Å². The highest BCUT2D eigenvalue weighted by Gasteiger charge is 2.19. The van der Waals surface area contributed by atoms with Crippen molar-refractivity contribution in [3.63, 3.8) is 0 Å². The monoisotopic (exact) mass is 159 g/mol. The van der Waals surface area contributed by atoms with Crippen LogP contribution in [0.15, 0.2) is 0 Å². The largest absolute Gasteiger partial charge is 0.317 e. The molecule has 1 heterocycles. The lowest BCUT2D eigenvalue weighted by atomic mass is 9.83. The molecule has 0 radical (unpaired) electrons. The molecule has 1 rings (SSSR count). The first-order chi connectivity index (χ1) is 4.71. The predicted octanol–water partition coefficient (Wildman–Crippen LogP) is 3.06. The summed E-state index contributed by atoms with van der Waals surface area (Å²) in [6.45, 7) is 11.1. The third-order valence-electron chi connectivity index (χ3n) is 1.96. The molecule has 1 heteroatoms. The molecule has 1 aliphatic rings. The van der Waals surface area contributed by atoms with Crippen LogP contribution in [0.3, 0.4) is 0 Å². The van der Waals surface area contributed by atoms with E-state index in [1.54, 1.807) is 0 Å². The van der Waals surface area contributed by atoms with Crippen molar-refractivity contribution in [1.82, 2.24) is 5.32 Å². The maximum Gasteiger partial charge on any atom is -0.00438 e. The molecular formula is C10H25N. The van der Waals surface area contributed by atoms with Gasteiger partial charge in [0.1, 0.15) is 0 Å². The van der Waals surface area contributed by atoms with Crippen molar-refractivity contribution in [1.29, 1.82) is 0 Å². The summed E-state index contributed by atoms with van der Waals surface area (Å²) < 4.78 is 0. The lowest BCUT2D eigenvalue weighted by Crippen LogP contribution is -2.32. The highest BCUT2D eigenvalue weighted by molar-refractivity contribution is 4.75. The van der Waals surface area contributed by atoms with Gasteiger partial charge in [0.2, 0.25) is 0 Å². The van der Waals surface area contributed by atoms with Gasteiger partial charge in [0.15, 0.2) is 0 Å². The average molecular weight is 159 g/mol. The van der Waals surface area contributed by atoms with Crippen LogP contribution in [-0.2, 0) is 0 Å². The van der Waals surface area contributed by atoms with Crippen LogP contribution >= 0.6 is 0 Å². The Bertz CT molecular complexity index is 68.9. The Morgan fingerprint density at radius 3 is 1.55 bits per heavy atom. The molecule has 0 amide bonds. The van der Waals surface area contributed by atoms with Gasteiger partial charge in [-0.25, -0.2) is 0 Å². The molecule has 1 nitrogen and oxygen atoms in total. The van der Waals surface area contributed by atoms with Crippen LogP contribution in [0.5, 0.6) is 0 Å². The minimum absolute atomic E-state index is 0. The Hall–Kier alpha value is -0.0400. The van der Waals surface area contributed by atoms with Gasteiger partial charge in [-0.3, -0.25) is 0 Å². The van der Waals surface area contributed by atoms with E-state index in [0.29, 0.717) is 5.41 Å². The summed E-state index contributed by atoms with van der Waals surface area (Å²) in [5, 5.41) is 3.34. The highest BCUT2D eigenvalue weighted by Crippen LogP contribution is 2.25. The van der Waals surface area contributed by atoms with E-state index >= 15 is 0 Å². The van der Waals surface area contributed by atoms with Crippen LogP contribution in [0.25, 0.3) is 0 Å². The second-order valence-electron chi connectivity index (χ2n) is 3.41. The normalized spacial score (nSPS) is 20.7. The zero-order valence-corrected chi connectivity index (χ0v) is 7.83. The number of nitrogens with one attached hydrogen (secondary N) is 1. The Kier molecular flexibility index (Phi) is 8.20. The molecule has 1 saturated heterocycles. The van der Waals surface area contributed by atoms with Crippen molar-refractivity contribution >= 4 is 0 Å². The zero-order chi connectivity index (χ0) is 8.04. The summed E-state index contributed by atoms with van der Waals surface area (Å²) in [5.74, 6) is 0. The van der Waals surface area contributed by atoms with Crippen LogP contribution in [0.1, 0.15) is 48.0 Å². The van der Waals surface area contributed by atoms with E-state index in [1.807, 2.05) is 13.8 Å². The topological polar surface area (TPSA) is 12.0 Å². The second-order valence-corrected chi connectivity index (χ2v) is 3.41. The maximum absolute atomic E-state index is 3.34. The first-order valence-corrected chi connectivity index (χ1v) is 4.41. The maximum atomic E-state index is 3.34. The van der Waals surface area contributed by atoms with E-state index < -0.39 is 0 Å². The standard InChI is InChI=1S/C7H15N.C2H6.CH4/c1-7(2)3-5-8-6-4-7;1-2;/h8H,3-6H2,1-2H3;1-2H3;1H4. The summed E-state index contributed by atoms with van der Waals surface area (Å²) in [6.07, 6.45) is 2.68. The smallest absolute Gasteiger partial charge is 0.00438 e. The van der Waals surface area contributed by atoms with Gasteiger partial charge in [0.25, 0.3) is 0 Å². The lowest BCUT2D eigenvalue weighted by molar-refractivity contribution is 0.259. The van der Waals surface area contributed by atoms with Crippen molar-refractivity contribution in [2.75, 3.05) is 13.1 Å². The van der Waals surface area contributed by atoms with Gasteiger partial charge in [-0.2, -0.15) is 0 Å². The van der Waals surface area contributed by atoms with Gasteiger partial charge in [-0.05, 0) is 31.3 Å². The summed E-state index contributed by atoms with van der Waals surface area (Å²) in [5.41, 5.74) is 0.616. The van der Waals surface area contributed by atoms with Crippen LogP contribution in [0, 0.1) is 5.41 Å². The predicted molar refractivity (Wildman–Crippen MR) is 54.0 cm³/mol. The Morgan fingerprint density at radius 2 is 1.36 bits per heavy atom. The van der Waals surface area contributed by atoms with Crippen molar-refractivity contribution in [2.24, 2.45) is 5.41 Å². The van der Waals surface area contributed by atoms with Crippen LogP contribution in [0.2, 0.25) is 0 Å². The summed E-state index contributed by atoms with van der Waals surface area (Å²) in [7, 11) is 0. The summed E-state index contributed by atoms with van der Waals surface area (Å²) in [6, 6.07) is 0. The fourth-order valence-corrected chi connectivity index (χ4v) is 1.10. The van der Waals surface area contributed by atoms with Crippen molar-refractivity contribution < 1.29 is 0 Å². The molecule has 0 bridgehead atoms. The Balaban J connectivity index is 0. The van der Waals surface area contributed by atoms with Crippen molar-refractivity contribution in [3.8, 4) is 0 Å². The van der Waals surface area contributed by atoms with Gasteiger partial charge in [0, 0.05) is 0 Å². The zero-order valence-electron chi connectivity index (χ0n) is 7.83. The summed E-state index contributed by atoms with van der Waals surface area (Å²) >= 11 is 0. The van der Waals surface area contributed by atoms with Gasteiger partial charge in [-0.15, -0.1) is 0 Å². The molecule has 0 spiro atoms. The van der Waals surface area contributed by atoms with Gasteiger partial charge in [0.05, 0.1) is 0 Å². The molecular weight excluding hydrogens is 134 g/mol. The first-order valence-electron chi connectivity index (χ1n) is 4.41. The number of hydrogen-bond donors (Lipinski definition) is 1. The van der Waals surface area contributed by atoms with Gasteiger partial charge in [-0.1, -0.05) is 35.1 Å². The minimum atomic E-state index is 0. The third kappa shape index (κ3) is 6.36. The quantitative estimate of drug-likeness (QED) is 0.573. The van der Waals surface area contributed by atoms with Crippen LogP contribution in [0.4, 0.5) is 0 Å². The van der Waals surface area contributed by atoms with Crippen molar-refractivity contribution in [3.05, 3.63) is 0 Å². The molecule has 70 valence electrons. The third-order valence-corrected chi connectivity index (χ3v) is 1.96. The average Bonchev–Trinajstić information content (AvgIpc) is 1.92. The first kappa shape index (κ1) is 13.5. The van der Waals surface area contributed by atoms with E-state index in [9.17, 15) is 0 Å². The molecule has 0 aromatic rings. The fourth-order valence-electron chi connectivity index (χ4n) is 1.10. The molecule has 0 aliphatic carbocycles. The molecule has 0 saturated carbocycles. The van der Waals surface area contributed by atoms with E-state index in [-0.39, 0.29) is 7.43 Å². The van der Waals surface area contributed by atoms with E-state index in [4.69, 9.17) is 0 Å². The van der Waals surface area contributed by atoms with Gasteiger partial charge >= 0.3 is 0 Å². The summed E-state index contributed by atoms with van der Waals surface area (Å²) in [4.78, 5) is 0. The molecule has 11 heavy (non-hydrogen) atoms. The highest BCUT2D eigenvalue weighted by atomic mass is 14.9. The van der Waals surface area contributed by atoms with Gasteiger partial charge < -0.3 is 5.32 Å². The molecule has 1 aliphatic heterocycles. The molecule has 1 N–H and O–H groups in total. The molecule has 0 aromatic carbocycles. The fraction of sp³-hybridized carbons (Fsp3) is 1.00. The Morgan fingerprint density at radius 1 is 1.00 bits per heavy atom. The molecule has 0 aromatic heterocycles. The number of rotatable bonds is 0. The number of piperidine rings is 1. The Labute approximate surface area is 72.6 Å². The van der Waals surface area contributed by atoms with Crippen LogP contribution in [-0.4, -0.2) is 13.1 Å². The minimum Gasteiger partial charge on any atom is -0.317 e. The molecule has 1 fully saturated rings. The molecule has 0 unspecified atom stereocenters. The second kappa shape index (κ2) is 6.66.